The lowest BCUT2D eigenvalue weighted by Gasteiger charge is -2.19. The van der Waals surface area contributed by atoms with E-state index in [0.29, 0.717) is 17.1 Å². The van der Waals surface area contributed by atoms with Gasteiger partial charge < -0.3 is 5.32 Å². The van der Waals surface area contributed by atoms with Crippen molar-refractivity contribution >= 4 is 0 Å². The van der Waals surface area contributed by atoms with Gasteiger partial charge in [-0.15, -0.1) is 0 Å². The zero-order valence-corrected chi connectivity index (χ0v) is 11.5. The molecule has 2 rings (SSSR count). The average molecular weight is 277 g/mol. The van der Waals surface area contributed by atoms with Crippen LogP contribution in [0.4, 0.5) is 8.78 Å². The van der Waals surface area contributed by atoms with E-state index in [1.54, 1.807) is 19.2 Å². The van der Waals surface area contributed by atoms with E-state index in [1.807, 2.05) is 6.92 Å². The molecule has 0 aliphatic carbocycles. The van der Waals surface area contributed by atoms with Crippen molar-refractivity contribution in [2.24, 2.45) is 0 Å². The molecule has 1 unspecified atom stereocenters. The monoisotopic (exact) mass is 277 g/mol. The first-order chi connectivity index (χ1) is 9.60. The molecular weight excluding hydrogens is 260 g/mol. The molecule has 0 spiro atoms. The number of aromatic nitrogens is 2. The molecule has 0 saturated heterocycles. The highest BCUT2D eigenvalue weighted by molar-refractivity contribution is 5.28. The van der Waals surface area contributed by atoms with Gasteiger partial charge in [0, 0.05) is 12.3 Å². The Kier molecular flexibility index (Phi) is 4.74. The molecule has 1 atom stereocenters. The van der Waals surface area contributed by atoms with Crippen molar-refractivity contribution in [2.45, 2.75) is 26.3 Å². The van der Waals surface area contributed by atoms with Crippen molar-refractivity contribution in [3.05, 3.63) is 59.2 Å². The van der Waals surface area contributed by atoms with Gasteiger partial charge in [-0.2, -0.15) is 0 Å². The van der Waals surface area contributed by atoms with E-state index in [2.05, 4.69) is 15.3 Å². The number of benzene rings is 1. The van der Waals surface area contributed by atoms with Crippen LogP contribution in [-0.4, -0.2) is 16.5 Å². The van der Waals surface area contributed by atoms with Gasteiger partial charge in [0.15, 0.2) is 0 Å². The molecule has 0 amide bonds. The predicted molar refractivity (Wildman–Crippen MR) is 73.3 cm³/mol. The molecule has 106 valence electrons. The molecule has 5 heteroatoms. The Morgan fingerprint density at radius 1 is 1.20 bits per heavy atom. The Bertz CT molecular complexity index is 567. The van der Waals surface area contributed by atoms with Gasteiger partial charge in [0.2, 0.25) is 0 Å². The maximum absolute atomic E-state index is 13.4. The number of nitrogens with zero attached hydrogens (tertiary/aromatic N) is 2. The number of hydrogen-bond donors (Lipinski definition) is 1. The van der Waals surface area contributed by atoms with Gasteiger partial charge in [-0.05, 0) is 43.7 Å². The zero-order valence-electron chi connectivity index (χ0n) is 11.5. The Hall–Kier alpha value is -1.88. The smallest absolute Gasteiger partial charge is 0.126 e. The Labute approximate surface area is 117 Å². The molecule has 2 aromatic rings. The standard InChI is InChI=1S/C15H17F2N3/c1-3-5-19-15(14-4-6-18-10(2)20-14)11-7-12(16)9-13(17)8-11/h4,6-9,15,19H,3,5H2,1-2H3. The Balaban J connectivity index is 2.41. The van der Waals surface area contributed by atoms with Crippen LogP contribution in [0.5, 0.6) is 0 Å². The van der Waals surface area contributed by atoms with Crippen molar-refractivity contribution in [1.29, 1.82) is 0 Å². The van der Waals surface area contributed by atoms with E-state index in [9.17, 15) is 8.78 Å². The molecule has 0 radical (unpaired) electrons. The molecule has 0 bridgehead atoms. The highest BCUT2D eigenvalue weighted by atomic mass is 19.1. The van der Waals surface area contributed by atoms with E-state index >= 15 is 0 Å². The van der Waals surface area contributed by atoms with Gasteiger partial charge in [0.1, 0.15) is 17.5 Å². The van der Waals surface area contributed by atoms with Crippen LogP contribution in [0.25, 0.3) is 0 Å². The topological polar surface area (TPSA) is 37.8 Å². The summed E-state index contributed by atoms with van der Waals surface area (Å²) in [6.45, 7) is 4.54. The second-order valence-corrected chi connectivity index (χ2v) is 4.62. The average Bonchev–Trinajstić information content (AvgIpc) is 2.38. The lowest BCUT2D eigenvalue weighted by molar-refractivity contribution is 0.552. The van der Waals surface area contributed by atoms with E-state index in [0.717, 1.165) is 19.0 Å². The second kappa shape index (κ2) is 6.52. The number of rotatable bonds is 5. The second-order valence-electron chi connectivity index (χ2n) is 4.62. The van der Waals surface area contributed by atoms with Gasteiger partial charge in [0.25, 0.3) is 0 Å². The largest absolute Gasteiger partial charge is 0.305 e. The van der Waals surface area contributed by atoms with Crippen LogP contribution in [0.15, 0.2) is 30.5 Å². The maximum Gasteiger partial charge on any atom is 0.126 e. The lowest BCUT2D eigenvalue weighted by Crippen LogP contribution is -2.24. The summed E-state index contributed by atoms with van der Waals surface area (Å²) in [5.74, 6) is -0.550. The minimum atomic E-state index is -0.589. The van der Waals surface area contributed by atoms with E-state index in [-0.39, 0.29) is 6.04 Å². The zero-order chi connectivity index (χ0) is 14.5. The van der Waals surface area contributed by atoms with Crippen molar-refractivity contribution in [3.8, 4) is 0 Å². The predicted octanol–water partition coefficient (Wildman–Crippen LogP) is 3.15. The minimum absolute atomic E-state index is 0.346. The number of hydrogen-bond acceptors (Lipinski definition) is 3. The molecule has 0 aliphatic rings. The molecule has 1 aromatic heterocycles. The normalized spacial score (nSPS) is 12.4. The number of nitrogens with one attached hydrogen (secondary N) is 1. The van der Waals surface area contributed by atoms with Gasteiger partial charge in [-0.1, -0.05) is 6.92 Å². The van der Waals surface area contributed by atoms with Crippen LogP contribution in [0.1, 0.15) is 36.5 Å². The third-order valence-corrected chi connectivity index (χ3v) is 2.91. The first-order valence-electron chi connectivity index (χ1n) is 6.59. The van der Waals surface area contributed by atoms with Crippen molar-refractivity contribution < 1.29 is 8.78 Å². The molecular formula is C15H17F2N3. The molecule has 1 heterocycles. The third-order valence-electron chi connectivity index (χ3n) is 2.91. The fraction of sp³-hybridized carbons (Fsp3) is 0.333. The molecule has 0 saturated carbocycles. The van der Waals surface area contributed by atoms with Crippen molar-refractivity contribution in [3.63, 3.8) is 0 Å². The summed E-state index contributed by atoms with van der Waals surface area (Å²) < 4.78 is 26.8. The molecule has 20 heavy (non-hydrogen) atoms. The van der Waals surface area contributed by atoms with E-state index in [1.165, 1.54) is 12.1 Å². The highest BCUT2D eigenvalue weighted by Gasteiger charge is 2.17. The van der Waals surface area contributed by atoms with Crippen LogP contribution in [-0.2, 0) is 0 Å². The summed E-state index contributed by atoms with van der Waals surface area (Å²) in [4.78, 5) is 8.39. The van der Waals surface area contributed by atoms with Crippen LogP contribution in [0.2, 0.25) is 0 Å². The van der Waals surface area contributed by atoms with Crippen LogP contribution < -0.4 is 5.32 Å². The molecule has 3 nitrogen and oxygen atoms in total. The molecule has 1 N–H and O–H groups in total. The van der Waals surface area contributed by atoms with E-state index < -0.39 is 11.6 Å². The summed E-state index contributed by atoms with van der Waals surface area (Å²) >= 11 is 0. The summed E-state index contributed by atoms with van der Waals surface area (Å²) in [5.41, 5.74) is 1.23. The summed E-state index contributed by atoms with van der Waals surface area (Å²) in [7, 11) is 0. The van der Waals surface area contributed by atoms with Crippen LogP contribution in [0.3, 0.4) is 0 Å². The minimum Gasteiger partial charge on any atom is -0.305 e. The third kappa shape index (κ3) is 3.57. The summed E-state index contributed by atoms with van der Waals surface area (Å²) in [6.07, 6.45) is 2.56. The Morgan fingerprint density at radius 2 is 1.90 bits per heavy atom. The number of halogens is 2. The van der Waals surface area contributed by atoms with Crippen molar-refractivity contribution in [1.82, 2.24) is 15.3 Å². The first kappa shape index (κ1) is 14.5. The first-order valence-corrected chi connectivity index (χ1v) is 6.59. The van der Waals surface area contributed by atoms with Gasteiger partial charge in [-0.3, -0.25) is 0 Å². The number of aryl methyl sites for hydroxylation is 1. The summed E-state index contributed by atoms with van der Waals surface area (Å²) in [6, 6.07) is 4.93. The van der Waals surface area contributed by atoms with Crippen LogP contribution in [0, 0.1) is 18.6 Å². The fourth-order valence-corrected chi connectivity index (χ4v) is 2.06. The highest BCUT2D eigenvalue weighted by Crippen LogP contribution is 2.22. The Morgan fingerprint density at radius 3 is 2.50 bits per heavy atom. The molecule has 0 fully saturated rings. The van der Waals surface area contributed by atoms with Gasteiger partial charge in [-0.25, -0.2) is 18.7 Å². The SMILES string of the molecule is CCCNC(c1cc(F)cc(F)c1)c1ccnc(C)n1. The van der Waals surface area contributed by atoms with Crippen LogP contribution >= 0.6 is 0 Å². The van der Waals surface area contributed by atoms with Gasteiger partial charge >= 0.3 is 0 Å². The fourth-order valence-electron chi connectivity index (χ4n) is 2.06. The molecule has 0 aliphatic heterocycles. The molecule has 1 aromatic carbocycles. The maximum atomic E-state index is 13.4. The lowest BCUT2D eigenvalue weighted by atomic mass is 10.0. The van der Waals surface area contributed by atoms with Gasteiger partial charge in [0.05, 0.1) is 11.7 Å². The summed E-state index contributed by atoms with van der Waals surface area (Å²) in [5, 5.41) is 3.26. The quantitative estimate of drug-likeness (QED) is 0.912. The van der Waals surface area contributed by atoms with Crippen molar-refractivity contribution in [2.75, 3.05) is 6.54 Å². The van der Waals surface area contributed by atoms with E-state index in [4.69, 9.17) is 0 Å².